The van der Waals surface area contributed by atoms with Gasteiger partial charge in [0.25, 0.3) is 5.91 Å². The van der Waals surface area contributed by atoms with Crippen LogP contribution in [0.25, 0.3) is 10.9 Å². The lowest BCUT2D eigenvalue weighted by Gasteiger charge is -2.37. The first-order valence-electron chi connectivity index (χ1n) is 12.1. The Labute approximate surface area is 194 Å². The lowest BCUT2D eigenvalue weighted by Crippen LogP contribution is -2.42. The summed E-state index contributed by atoms with van der Waals surface area (Å²) in [7, 11) is 0. The van der Waals surface area contributed by atoms with Gasteiger partial charge in [-0.2, -0.15) is 0 Å². The van der Waals surface area contributed by atoms with Gasteiger partial charge in [-0.3, -0.25) is 9.59 Å². The van der Waals surface area contributed by atoms with Crippen LogP contribution in [0.5, 0.6) is 0 Å². The van der Waals surface area contributed by atoms with Crippen LogP contribution >= 0.6 is 0 Å². The van der Waals surface area contributed by atoms with E-state index in [0.717, 1.165) is 61.7 Å². The summed E-state index contributed by atoms with van der Waals surface area (Å²) in [6, 6.07) is 7.86. The molecule has 2 aromatic heterocycles. The number of carbonyl (C=O) groups is 2. The number of benzene rings is 1. The highest BCUT2D eigenvalue weighted by Crippen LogP contribution is 2.33. The Morgan fingerprint density at radius 3 is 2.70 bits per heavy atom. The van der Waals surface area contributed by atoms with Crippen molar-refractivity contribution in [3.8, 4) is 0 Å². The third kappa shape index (κ3) is 4.36. The number of para-hydroxylation sites is 1. The zero-order valence-corrected chi connectivity index (χ0v) is 19.2. The third-order valence-electron chi connectivity index (χ3n) is 6.97. The zero-order valence-electron chi connectivity index (χ0n) is 19.2. The number of aryl methyl sites for hydroxylation is 1. The standard InChI is InChI=1S/C26H31N5O2/c1-18-27-17-21(26(33)30-12-6-2-7-13-30)25(29-18)23-11-5-8-14-31(23)24(32)15-19-16-28-22-10-4-3-9-20(19)22/h3-4,9-10,16-17,23,28H,2,5-8,11-15H2,1H3/t23-/m0/s1. The number of hydrogen-bond donors (Lipinski definition) is 1. The van der Waals surface area contributed by atoms with Crippen molar-refractivity contribution < 1.29 is 9.59 Å². The van der Waals surface area contributed by atoms with E-state index in [-0.39, 0.29) is 17.9 Å². The van der Waals surface area contributed by atoms with Crippen LogP contribution in [-0.4, -0.2) is 56.2 Å². The van der Waals surface area contributed by atoms with Crippen LogP contribution in [0.3, 0.4) is 0 Å². The first kappa shape index (κ1) is 21.6. The minimum Gasteiger partial charge on any atom is -0.361 e. The summed E-state index contributed by atoms with van der Waals surface area (Å²) < 4.78 is 0. The maximum absolute atomic E-state index is 13.5. The first-order chi connectivity index (χ1) is 16.1. The summed E-state index contributed by atoms with van der Waals surface area (Å²) in [5, 5.41) is 1.08. The van der Waals surface area contributed by atoms with Crippen molar-refractivity contribution in [1.82, 2.24) is 24.8 Å². The van der Waals surface area contributed by atoms with Crippen molar-refractivity contribution in [2.24, 2.45) is 0 Å². The molecule has 5 rings (SSSR count). The van der Waals surface area contributed by atoms with Gasteiger partial charge >= 0.3 is 0 Å². The second-order valence-electron chi connectivity index (χ2n) is 9.20. The SMILES string of the molecule is Cc1ncc(C(=O)N2CCCCC2)c([C@@H]2CCCCN2C(=O)Cc2c[nH]c3ccccc23)n1. The molecule has 2 aliphatic rings. The highest BCUT2D eigenvalue weighted by molar-refractivity contribution is 5.95. The number of rotatable bonds is 4. The van der Waals surface area contributed by atoms with Crippen LogP contribution in [0.15, 0.2) is 36.7 Å². The number of piperidine rings is 2. The minimum absolute atomic E-state index is 0.000647. The number of H-pyrrole nitrogens is 1. The van der Waals surface area contributed by atoms with Gasteiger partial charge in [-0.15, -0.1) is 0 Å². The molecule has 0 radical (unpaired) electrons. The molecule has 3 aromatic rings. The molecule has 2 amide bonds. The summed E-state index contributed by atoms with van der Waals surface area (Å²) in [6.45, 7) is 4.09. The molecule has 172 valence electrons. The monoisotopic (exact) mass is 445 g/mol. The molecule has 0 bridgehead atoms. The number of amides is 2. The van der Waals surface area contributed by atoms with E-state index in [1.165, 1.54) is 6.42 Å². The van der Waals surface area contributed by atoms with Crippen LogP contribution in [0.2, 0.25) is 0 Å². The molecule has 0 spiro atoms. The second-order valence-corrected chi connectivity index (χ2v) is 9.20. The Morgan fingerprint density at radius 2 is 1.85 bits per heavy atom. The lowest BCUT2D eigenvalue weighted by molar-refractivity contribution is -0.134. The molecule has 2 fully saturated rings. The maximum Gasteiger partial charge on any atom is 0.257 e. The molecule has 2 aliphatic heterocycles. The number of aromatic nitrogens is 3. The van der Waals surface area contributed by atoms with Crippen molar-refractivity contribution in [2.75, 3.05) is 19.6 Å². The molecule has 0 aliphatic carbocycles. The maximum atomic E-state index is 13.5. The number of carbonyl (C=O) groups excluding carboxylic acids is 2. The van der Waals surface area contributed by atoms with Crippen LogP contribution in [-0.2, 0) is 11.2 Å². The molecule has 0 unspecified atom stereocenters. The van der Waals surface area contributed by atoms with Crippen LogP contribution < -0.4 is 0 Å². The average Bonchev–Trinajstić information content (AvgIpc) is 3.27. The minimum atomic E-state index is -0.193. The molecule has 2 saturated heterocycles. The summed E-state index contributed by atoms with van der Waals surface area (Å²) in [5.74, 6) is 0.714. The second kappa shape index (κ2) is 9.33. The molecule has 1 N–H and O–H groups in total. The highest BCUT2D eigenvalue weighted by atomic mass is 16.2. The number of nitrogens with one attached hydrogen (secondary N) is 1. The van der Waals surface area contributed by atoms with Crippen molar-refractivity contribution in [1.29, 1.82) is 0 Å². The highest BCUT2D eigenvalue weighted by Gasteiger charge is 2.33. The van der Waals surface area contributed by atoms with Gasteiger partial charge in [-0.25, -0.2) is 9.97 Å². The number of likely N-dealkylation sites (tertiary alicyclic amines) is 2. The predicted molar refractivity (Wildman–Crippen MR) is 127 cm³/mol. The van der Waals surface area contributed by atoms with E-state index in [1.807, 2.05) is 47.2 Å². The summed E-state index contributed by atoms with van der Waals surface area (Å²) in [5.41, 5.74) is 3.31. The average molecular weight is 446 g/mol. The van der Waals surface area contributed by atoms with E-state index >= 15 is 0 Å². The van der Waals surface area contributed by atoms with Gasteiger partial charge in [0.1, 0.15) is 5.82 Å². The topological polar surface area (TPSA) is 82.2 Å². The molecule has 1 aromatic carbocycles. The van der Waals surface area contributed by atoms with E-state index in [2.05, 4.69) is 9.97 Å². The molecular weight excluding hydrogens is 414 g/mol. The van der Waals surface area contributed by atoms with E-state index in [9.17, 15) is 9.59 Å². The summed E-state index contributed by atoms with van der Waals surface area (Å²) >= 11 is 0. The molecule has 1 atom stereocenters. The smallest absolute Gasteiger partial charge is 0.257 e. The third-order valence-corrected chi connectivity index (χ3v) is 6.97. The van der Waals surface area contributed by atoms with E-state index in [0.29, 0.717) is 30.0 Å². The summed E-state index contributed by atoms with van der Waals surface area (Å²) in [6.07, 6.45) is 9.97. The van der Waals surface area contributed by atoms with Crippen molar-refractivity contribution in [3.63, 3.8) is 0 Å². The van der Waals surface area contributed by atoms with Gasteiger partial charge in [0.05, 0.1) is 23.7 Å². The van der Waals surface area contributed by atoms with Crippen molar-refractivity contribution >= 4 is 22.7 Å². The van der Waals surface area contributed by atoms with Crippen molar-refractivity contribution in [2.45, 2.75) is 57.9 Å². The van der Waals surface area contributed by atoms with E-state index in [4.69, 9.17) is 4.98 Å². The largest absolute Gasteiger partial charge is 0.361 e. The van der Waals surface area contributed by atoms with Gasteiger partial charge < -0.3 is 14.8 Å². The van der Waals surface area contributed by atoms with Crippen LogP contribution in [0.4, 0.5) is 0 Å². The number of nitrogens with zero attached hydrogens (tertiary/aromatic N) is 4. The molecule has 33 heavy (non-hydrogen) atoms. The van der Waals surface area contributed by atoms with E-state index < -0.39 is 0 Å². The lowest BCUT2D eigenvalue weighted by atomic mass is 9.94. The van der Waals surface area contributed by atoms with Gasteiger partial charge in [-0.05, 0) is 57.1 Å². The Morgan fingerprint density at radius 1 is 1.06 bits per heavy atom. The van der Waals surface area contributed by atoms with E-state index in [1.54, 1.807) is 6.20 Å². The first-order valence-corrected chi connectivity index (χ1v) is 12.1. The number of aromatic amines is 1. The quantitative estimate of drug-likeness (QED) is 0.653. The van der Waals surface area contributed by atoms with Gasteiger partial charge in [0.2, 0.25) is 5.91 Å². The Bertz CT molecular complexity index is 1160. The summed E-state index contributed by atoms with van der Waals surface area (Å²) in [4.78, 5) is 43.1. The normalized spacial score (nSPS) is 19.1. The zero-order chi connectivity index (χ0) is 22.8. The van der Waals surface area contributed by atoms with Gasteiger partial charge in [-0.1, -0.05) is 18.2 Å². The molecule has 4 heterocycles. The number of hydrogen-bond acceptors (Lipinski definition) is 4. The van der Waals surface area contributed by atoms with Crippen LogP contribution in [0.1, 0.15) is 72.0 Å². The Balaban J connectivity index is 1.44. The molecule has 7 nitrogen and oxygen atoms in total. The molecule has 7 heteroatoms. The Hall–Kier alpha value is -3.22. The predicted octanol–water partition coefficient (Wildman–Crippen LogP) is 4.19. The fourth-order valence-electron chi connectivity index (χ4n) is 5.23. The molecule has 0 saturated carbocycles. The van der Waals surface area contributed by atoms with Gasteiger partial charge in [0.15, 0.2) is 0 Å². The van der Waals surface area contributed by atoms with Crippen molar-refractivity contribution in [3.05, 3.63) is 59.3 Å². The molecular formula is C26H31N5O2. The van der Waals surface area contributed by atoms with Gasteiger partial charge in [0, 0.05) is 42.9 Å². The fourth-order valence-corrected chi connectivity index (χ4v) is 5.23. The van der Waals surface area contributed by atoms with Crippen LogP contribution in [0, 0.1) is 6.92 Å². The fraction of sp³-hybridized carbons (Fsp3) is 0.462. The Kier molecular flexibility index (Phi) is 6.11. The number of fused-ring (bicyclic) bond motifs is 1.